The Labute approximate surface area is 98.4 Å². The average Bonchev–Trinajstić information content (AvgIpc) is 2.25. The first kappa shape index (κ1) is 14.4. The predicted octanol–water partition coefficient (Wildman–Crippen LogP) is 1.12. The van der Waals surface area contributed by atoms with E-state index < -0.39 is 32.9 Å². The van der Waals surface area contributed by atoms with Crippen LogP contribution < -0.4 is 4.89 Å². The van der Waals surface area contributed by atoms with Crippen LogP contribution in [0.2, 0.25) is 0 Å². The summed E-state index contributed by atoms with van der Waals surface area (Å²) in [5, 5.41) is 0. The van der Waals surface area contributed by atoms with E-state index in [1.54, 1.807) is 0 Å². The largest absolute Gasteiger partial charge is 0.492 e. The van der Waals surface area contributed by atoms with Crippen LogP contribution in [-0.2, 0) is 19.7 Å². The van der Waals surface area contributed by atoms with Crippen LogP contribution >= 0.6 is 0 Å². The monoisotopic (exact) mass is 287 g/mol. The number of benzene rings is 1. The molecule has 1 aromatic carbocycles. The Morgan fingerprint density at radius 3 is 2.11 bits per heavy atom. The maximum Gasteiger partial charge on any atom is 0.492 e. The van der Waals surface area contributed by atoms with Crippen molar-refractivity contribution in [2.24, 2.45) is 0 Å². The maximum absolute atomic E-state index is 12.5. The number of hydrogen-bond acceptors (Lipinski definition) is 4. The van der Waals surface area contributed by atoms with E-state index >= 15 is 0 Å². The van der Waals surface area contributed by atoms with E-state index in [9.17, 15) is 30.8 Å². The highest BCUT2D eigenvalue weighted by Gasteiger charge is 2.42. The maximum atomic E-state index is 12.5. The lowest BCUT2D eigenvalue weighted by Gasteiger charge is -2.08. The van der Waals surface area contributed by atoms with Crippen molar-refractivity contribution in [1.29, 1.82) is 0 Å². The Balaban J connectivity index is 2.78. The summed E-state index contributed by atoms with van der Waals surface area (Å²) in [5.41, 5.74) is 0. The van der Waals surface area contributed by atoms with Crippen molar-refractivity contribution >= 4 is 16.0 Å². The van der Waals surface area contributed by atoms with Crippen LogP contribution in [0.5, 0.6) is 0 Å². The molecule has 0 radical (unpaired) electrons. The van der Waals surface area contributed by atoms with Gasteiger partial charge in [0.25, 0.3) is 10.0 Å². The molecular formula is C8H5F4NO4S. The van der Waals surface area contributed by atoms with Gasteiger partial charge in [0.1, 0.15) is 5.82 Å². The first-order chi connectivity index (χ1) is 8.13. The van der Waals surface area contributed by atoms with Crippen LogP contribution in [0.4, 0.5) is 17.6 Å². The summed E-state index contributed by atoms with van der Waals surface area (Å²) in [6, 6.07) is 3.14. The molecule has 0 aliphatic carbocycles. The number of carbonyl (C=O) groups excluding carboxylic acids is 1. The second-order valence-electron chi connectivity index (χ2n) is 2.93. The molecule has 0 bridgehead atoms. The zero-order valence-corrected chi connectivity index (χ0v) is 9.18. The fourth-order valence-corrected chi connectivity index (χ4v) is 1.59. The molecule has 0 unspecified atom stereocenters. The molecule has 1 N–H and O–H groups in total. The van der Waals surface area contributed by atoms with Gasteiger partial charge in [0, 0.05) is 0 Å². The molecule has 0 spiro atoms. The lowest BCUT2D eigenvalue weighted by molar-refractivity contribution is -0.203. The van der Waals surface area contributed by atoms with Crippen LogP contribution in [0, 0.1) is 5.82 Å². The van der Waals surface area contributed by atoms with Crippen molar-refractivity contribution in [3.63, 3.8) is 0 Å². The van der Waals surface area contributed by atoms with E-state index in [0.29, 0.717) is 0 Å². The van der Waals surface area contributed by atoms with Crippen LogP contribution in [-0.4, -0.2) is 20.6 Å². The van der Waals surface area contributed by atoms with Crippen molar-refractivity contribution in [2.45, 2.75) is 11.1 Å². The molecule has 0 aliphatic heterocycles. The minimum atomic E-state index is -5.33. The summed E-state index contributed by atoms with van der Waals surface area (Å²) in [6.07, 6.45) is -5.33. The van der Waals surface area contributed by atoms with Gasteiger partial charge in [-0.15, -0.1) is 0 Å². The number of rotatable bonds is 3. The smallest absolute Gasteiger partial charge is 0.348 e. The van der Waals surface area contributed by atoms with Crippen LogP contribution in [0.3, 0.4) is 0 Å². The molecule has 0 saturated carbocycles. The standard InChI is InChI=1S/C8H5F4NO4S/c9-5-1-3-6(4-2-5)18(15,16)13-17-7(14)8(10,11)12/h1-4,13H. The zero-order valence-electron chi connectivity index (χ0n) is 8.36. The fourth-order valence-electron chi connectivity index (χ4n) is 0.812. The van der Waals surface area contributed by atoms with E-state index in [1.807, 2.05) is 0 Å². The fraction of sp³-hybridized carbons (Fsp3) is 0.125. The van der Waals surface area contributed by atoms with E-state index in [0.717, 1.165) is 29.2 Å². The molecule has 1 aromatic rings. The van der Waals surface area contributed by atoms with Gasteiger partial charge in [0.2, 0.25) is 0 Å². The molecule has 0 fully saturated rings. The van der Waals surface area contributed by atoms with Gasteiger partial charge in [-0.1, -0.05) is 0 Å². The predicted molar refractivity (Wildman–Crippen MR) is 48.9 cm³/mol. The molecule has 18 heavy (non-hydrogen) atoms. The Morgan fingerprint density at radius 2 is 1.67 bits per heavy atom. The topological polar surface area (TPSA) is 72.5 Å². The first-order valence-electron chi connectivity index (χ1n) is 4.18. The van der Waals surface area contributed by atoms with Crippen molar-refractivity contribution in [3.8, 4) is 0 Å². The molecular weight excluding hydrogens is 282 g/mol. The highest BCUT2D eigenvalue weighted by atomic mass is 32.2. The van der Waals surface area contributed by atoms with Crippen molar-refractivity contribution in [1.82, 2.24) is 4.89 Å². The third-order valence-electron chi connectivity index (χ3n) is 1.60. The van der Waals surface area contributed by atoms with E-state index in [2.05, 4.69) is 4.84 Å². The van der Waals surface area contributed by atoms with E-state index in [1.165, 1.54) is 0 Å². The number of hydrogen-bond donors (Lipinski definition) is 1. The van der Waals surface area contributed by atoms with Gasteiger partial charge in [-0.25, -0.2) is 17.6 Å². The molecule has 1 rings (SSSR count). The number of nitrogens with one attached hydrogen (secondary N) is 1. The quantitative estimate of drug-likeness (QED) is 0.668. The lowest BCUT2D eigenvalue weighted by Crippen LogP contribution is -2.34. The Morgan fingerprint density at radius 1 is 1.17 bits per heavy atom. The van der Waals surface area contributed by atoms with E-state index in [-0.39, 0.29) is 0 Å². The molecule has 0 saturated heterocycles. The molecule has 100 valence electrons. The third-order valence-corrected chi connectivity index (χ3v) is 2.79. The van der Waals surface area contributed by atoms with Crippen LogP contribution in [0.1, 0.15) is 0 Å². The van der Waals surface area contributed by atoms with E-state index in [4.69, 9.17) is 0 Å². The average molecular weight is 287 g/mol. The second-order valence-corrected chi connectivity index (χ2v) is 4.57. The molecule has 0 amide bonds. The summed E-state index contributed by atoms with van der Waals surface area (Å²) >= 11 is 0. The minimum absolute atomic E-state index is 0.557. The Hall–Kier alpha value is -1.68. The molecule has 0 atom stereocenters. The number of halogens is 4. The van der Waals surface area contributed by atoms with Gasteiger partial charge in [-0.05, 0) is 29.2 Å². The molecule has 10 heteroatoms. The van der Waals surface area contributed by atoms with Crippen LogP contribution in [0.15, 0.2) is 29.2 Å². The zero-order chi connectivity index (χ0) is 14.0. The molecule has 0 aliphatic rings. The minimum Gasteiger partial charge on any atom is -0.348 e. The van der Waals surface area contributed by atoms with Crippen molar-refractivity contribution in [2.75, 3.05) is 0 Å². The first-order valence-corrected chi connectivity index (χ1v) is 5.66. The van der Waals surface area contributed by atoms with Gasteiger partial charge in [0.05, 0.1) is 4.90 Å². The van der Waals surface area contributed by atoms with Crippen molar-refractivity contribution in [3.05, 3.63) is 30.1 Å². The SMILES string of the molecule is O=C(ONS(=O)(=O)c1ccc(F)cc1)C(F)(F)F. The second kappa shape index (κ2) is 4.90. The van der Waals surface area contributed by atoms with Gasteiger partial charge in [-0.3, -0.25) is 0 Å². The summed E-state index contributed by atoms with van der Waals surface area (Å²) in [4.78, 5) is 14.0. The number of alkyl halides is 3. The Bertz CT molecular complexity index is 537. The van der Waals surface area contributed by atoms with Gasteiger partial charge < -0.3 is 4.84 Å². The Kier molecular flexibility index (Phi) is 3.92. The van der Waals surface area contributed by atoms with Gasteiger partial charge in [-0.2, -0.15) is 13.2 Å². The molecule has 0 aromatic heterocycles. The number of carbonyl (C=O) groups is 1. The summed E-state index contributed by atoms with van der Waals surface area (Å²) in [6.45, 7) is 0. The summed E-state index contributed by atoms with van der Waals surface area (Å²) in [5.74, 6) is -3.45. The third kappa shape index (κ3) is 3.67. The molecule has 5 nitrogen and oxygen atoms in total. The van der Waals surface area contributed by atoms with Gasteiger partial charge in [0.15, 0.2) is 0 Å². The molecule has 0 heterocycles. The normalized spacial score (nSPS) is 12.2. The number of sulfonamides is 1. The van der Waals surface area contributed by atoms with Gasteiger partial charge >= 0.3 is 12.1 Å². The highest BCUT2D eigenvalue weighted by molar-refractivity contribution is 7.89. The summed E-state index contributed by atoms with van der Waals surface area (Å²) in [7, 11) is -4.49. The van der Waals surface area contributed by atoms with Crippen molar-refractivity contribution < 1.29 is 35.6 Å². The van der Waals surface area contributed by atoms with Crippen LogP contribution in [0.25, 0.3) is 0 Å². The lowest BCUT2D eigenvalue weighted by atomic mass is 10.4. The highest BCUT2D eigenvalue weighted by Crippen LogP contribution is 2.16. The summed E-state index contributed by atoms with van der Waals surface area (Å²) < 4.78 is 70.3.